The predicted octanol–water partition coefficient (Wildman–Crippen LogP) is 3.94. The molecule has 0 unspecified atom stereocenters. The zero-order valence-electron chi connectivity index (χ0n) is 16.1. The molecule has 29 heavy (non-hydrogen) atoms. The van der Waals surface area contributed by atoms with Crippen molar-refractivity contribution in [2.45, 2.75) is 11.8 Å². The van der Waals surface area contributed by atoms with Gasteiger partial charge in [0.2, 0.25) is 0 Å². The number of benzene rings is 2. The largest absolute Gasteiger partial charge is 0.345 e. The number of thiazole rings is 2. The number of nitrogens with zero attached hydrogens (tertiary/aromatic N) is 4. The molecule has 3 heterocycles. The summed E-state index contributed by atoms with van der Waals surface area (Å²) in [6.45, 7) is 5.63. The molecule has 1 aliphatic rings. The van der Waals surface area contributed by atoms with E-state index in [-0.39, 0.29) is 0 Å². The molecule has 9 heteroatoms. The first kappa shape index (κ1) is 18.8. The fourth-order valence-corrected chi connectivity index (χ4v) is 6.40. The summed E-state index contributed by atoms with van der Waals surface area (Å²) < 4.78 is 25.7. The summed E-state index contributed by atoms with van der Waals surface area (Å²) in [5.74, 6) is 0. The van der Waals surface area contributed by atoms with Crippen molar-refractivity contribution in [3.8, 4) is 0 Å². The van der Waals surface area contributed by atoms with Crippen molar-refractivity contribution in [1.29, 1.82) is 0 Å². The van der Waals surface area contributed by atoms with Gasteiger partial charge in [0.25, 0.3) is 0 Å². The molecule has 0 radical (unpaired) electrons. The lowest BCUT2D eigenvalue weighted by atomic mass is 10.2. The number of sulfone groups is 1. The number of hydrogen-bond acceptors (Lipinski definition) is 8. The quantitative estimate of drug-likeness (QED) is 0.477. The van der Waals surface area contributed by atoms with Crippen LogP contribution >= 0.6 is 22.7 Å². The highest BCUT2D eigenvalue weighted by Gasteiger charge is 2.22. The fourth-order valence-electron chi connectivity index (χ4n) is 3.50. The van der Waals surface area contributed by atoms with Gasteiger partial charge in [-0.05, 0) is 42.8 Å². The molecule has 0 N–H and O–H groups in total. The Balaban J connectivity index is 1.34. The zero-order valence-corrected chi connectivity index (χ0v) is 18.6. The first-order valence-corrected chi connectivity index (χ1v) is 12.9. The van der Waals surface area contributed by atoms with E-state index in [4.69, 9.17) is 9.97 Å². The number of hydrogen-bond donors (Lipinski definition) is 0. The first-order chi connectivity index (χ1) is 13.9. The standard InChI is InChI=1S/C20H20N4O2S3/c1-13-3-5-15-17(11-13)27-19(21-15)23-7-9-24(10-8-23)20-22-16-6-4-14(29(2,25)26)12-18(16)28-20/h3-6,11-12H,7-10H2,1-2H3. The van der Waals surface area contributed by atoms with Crippen molar-refractivity contribution in [1.82, 2.24) is 9.97 Å². The lowest BCUT2D eigenvalue weighted by molar-refractivity contribution is 0.602. The molecule has 0 spiro atoms. The molecular formula is C20H20N4O2S3. The first-order valence-electron chi connectivity index (χ1n) is 9.34. The highest BCUT2D eigenvalue weighted by Crippen LogP contribution is 2.33. The van der Waals surface area contributed by atoms with Gasteiger partial charge in [0.05, 0.1) is 25.3 Å². The van der Waals surface area contributed by atoms with Crippen LogP contribution in [0.4, 0.5) is 10.3 Å². The summed E-state index contributed by atoms with van der Waals surface area (Å²) in [5.41, 5.74) is 3.17. The topological polar surface area (TPSA) is 66.4 Å². The average molecular weight is 445 g/mol. The van der Waals surface area contributed by atoms with Crippen LogP contribution in [-0.4, -0.2) is 50.8 Å². The second kappa shape index (κ2) is 6.93. The molecular weight excluding hydrogens is 424 g/mol. The molecule has 1 aliphatic heterocycles. The summed E-state index contributed by atoms with van der Waals surface area (Å²) >= 11 is 3.30. The summed E-state index contributed by atoms with van der Waals surface area (Å²) in [7, 11) is -3.21. The summed E-state index contributed by atoms with van der Waals surface area (Å²) in [4.78, 5) is 14.5. The Morgan fingerprint density at radius 1 is 0.828 bits per heavy atom. The van der Waals surface area contributed by atoms with Crippen LogP contribution < -0.4 is 9.80 Å². The summed E-state index contributed by atoms with van der Waals surface area (Å²) in [5, 5.41) is 2.03. The monoisotopic (exact) mass is 444 g/mol. The fraction of sp³-hybridized carbons (Fsp3) is 0.300. The Hall–Kier alpha value is -2.23. The lowest BCUT2D eigenvalue weighted by Gasteiger charge is -2.34. The molecule has 2 aromatic heterocycles. The van der Waals surface area contributed by atoms with Gasteiger partial charge >= 0.3 is 0 Å². The number of piperazine rings is 1. The molecule has 1 saturated heterocycles. The van der Waals surface area contributed by atoms with Gasteiger partial charge in [0, 0.05) is 32.4 Å². The molecule has 6 nitrogen and oxygen atoms in total. The second-order valence-electron chi connectivity index (χ2n) is 7.34. The van der Waals surface area contributed by atoms with E-state index in [1.165, 1.54) is 16.5 Å². The van der Waals surface area contributed by atoms with E-state index >= 15 is 0 Å². The van der Waals surface area contributed by atoms with Crippen molar-refractivity contribution < 1.29 is 8.42 Å². The Labute approximate surface area is 177 Å². The Bertz CT molecular complexity index is 1320. The van der Waals surface area contributed by atoms with Gasteiger partial charge in [-0.2, -0.15) is 0 Å². The van der Waals surface area contributed by atoms with Crippen molar-refractivity contribution >= 4 is 63.2 Å². The third-order valence-corrected chi connectivity index (χ3v) is 8.40. The van der Waals surface area contributed by atoms with Gasteiger partial charge < -0.3 is 9.80 Å². The number of aryl methyl sites for hydroxylation is 1. The van der Waals surface area contributed by atoms with Gasteiger partial charge in [-0.25, -0.2) is 18.4 Å². The number of aromatic nitrogens is 2. The van der Waals surface area contributed by atoms with E-state index in [1.807, 2.05) is 0 Å². The number of anilines is 2. The minimum Gasteiger partial charge on any atom is -0.345 e. The van der Waals surface area contributed by atoms with E-state index in [9.17, 15) is 8.42 Å². The molecule has 0 aliphatic carbocycles. The molecule has 1 fully saturated rings. The summed E-state index contributed by atoms with van der Waals surface area (Å²) in [6, 6.07) is 11.5. The number of fused-ring (bicyclic) bond motifs is 2. The van der Waals surface area contributed by atoms with Crippen molar-refractivity contribution in [3.63, 3.8) is 0 Å². The molecule has 0 saturated carbocycles. The predicted molar refractivity (Wildman–Crippen MR) is 122 cm³/mol. The van der Waals surface area contributed by atoms with Crippen LogP contribution in [0, 0.1) is 6.92 Å². The third-order valence-electron chi connectivity index (χ3n) is 5.13. The van der Waals surface area contributed by atoms with Gasteiger partial charge in [-0.1, -0.05) is 28.7 Å². The molecule has 150 valence electrons. The maximum atomic E-state index is 11.8. The highest BCUT2D eigenvalue weighted by atomic mass is 32.2. The van der Waals surface area contributed by atoms with Crippen LogP contribution in [0.5, 0.6) is 0 Å². The summed E-state index contributed by atoms with van der Waals surface area (Å²) in [6.07, 6.45) is 1.23. The van der Waals surface area contributed by atoms with Crippen molar-refractivity contribution in [2.75, 3.05) is 42.2 Å². The van der Waals surface area contributed by atoms with Crippen molar-refractivity contribution in [3.05, 3.63) is 42.0 Å². The van der Waals surface area contributed by atoms with Crippen LogP contribution in [0.2, 0.25) is 0 Å². The Kier molecular flexibility index (Phi) is 4.49. The van der Waals surface area contributed by atoms with Crippen LogP contribution in [0.3, 0.4) is 0 Å². The van der Waals surface area contributed by atoms with Crippen LogP contribution in [0.25, 0.3) is 20.4 Å². The molecule has 0 atom stereocenters. The van der Waals surface area contributed by atoms with Crippen LogP contribution in [0.1, 0.15) is 5.56 Å². The van der Waals surface area contributed by atoms with Gasteiger partial charge in [-0.15, -0.1) is 0 Å². The normalized spacial score (nSPS) is 15.5. The van der Waals surface area contributed by atoms with E-state index in [0.29, 0.717) is 4.90 Å². The number of rotatable bonds is 3. The maximum Gasteiger partial charge on any atom is 0.186 e. The second-order valence-corrected chi connectivity index (χ2v) is 11.4. The van der Waals surface area contributed by atoms with E-state index in [1.54, 1.807) is 40.9 Å². The molecule has 2 aromatic carbocycles. The molecule has 0 bridgehead atoms. The van der Waals surface area contributed by atoms with Gasteiger partial charge in [0.15, 0.2) is 20.1 Å². The zero-order chi connectivity index (χ0) is 20.2. The van der Waals surface area contributed by atoms with E-state index in [0.717, 1.165) is 52.2 Å². The average Bonchev–Trinajstić information content (AvgIpc) is 3.30. The van der Waals surface area contributed by atoms with Gasteiger partial charge in [0.1, 0.15) is 0 Å². The Morgan fingerprint density at radius 2 is 1.34 bits per heavy atom. The van der Waals surface area contributed by atoms with E-state index < -0.39 is 9.84 Å². The lowest BCUT2D eigenvalue weighted by Crippen LogP contribution is -2.46. The van der Waals surface area contributed by atoms with E-state index in [2.05, 4.69) is 34.9 Å². The molecule has 0 amide bonds. The maximum absolute atomic E-state index is 11.8. The SMILES string of the molecule is Cc1ccc2nc(N3CCN(c4nc5ccc(S(C)(=O)=O)cc5s4)CC3)sc2c1. The minimum atomic E-state index is -3.21. The van der Waals surface area contributed by atoms with Gasteiger partial charge in [-0.3, -0.25) is 0 Å². The van der Waals surface area contributed by atoms with Crippen LogP contribution in [-0.2, 0) is 9.84 Å². The molecule has 5 rings (SSSR count). The Morgan fingerprint density at radius 3 is 1.90 bits per heavy atom. The van der Waals surface area contributed by atoms with Crippen LogP contribution in [0.15, 0.2) is 41.3 Å². The minimum absolute atomic E-state index is 0.344. The van der Waals surface area contributed by atoms with Crippen molar-refractivity contribution in [2.24, 2.45) is 0 Å². The highest BCUT2D eigenvalue weighted by molar-refractivity contribution is 7.90. The molecule has 4 aromatic rings. The third kappa shape index (κ3) is 3.58. The smallest absolute Gasteiger partial charge is 0.186 e.